The average molecular weight is 181 g/mol. The topological polar surface area (TPSA) is 63.3 Å². The van der Waals surface area contributed by atoms with Gasteiger partial charge in [0.2, 0.25) is 0 Å². The molecule has 0 amide bonds. The van der Waals surface area contributed by atoms with E-state index in [1.807, 2.05) is 0 Å². The van der Waals surface area contributed by atoms with Crippen LogP contribution in [0.4, 0.5) is 4.39 Å². The van der Waals surface area contributed by atoms with Gasteiger partial charge in [-0.25, -0.2) is 9.18 Å². The van der Waals surface area contributed by atoms with Gasteiger partial charge >= 0.3 is 5.97 Å². The lowest BCUT2D eigenvalue weighted by molar-refractivity contribution is 0.0692. The minimum Gasteiger partial charge on any atom is -0.478 e. The highest BCUT2D eigenvalue weighted by Crippen LogP contribution is 2.13. The van der Waals surface area contributed by atoms with Crippen molar-refractivity contribution < 1.29 is 14.3 Å². The Kier molecular flexibility index (Phi) is 2.32. The number of aromatic carboxylic acids is 1. The first-order valence-electron chi connectivity index (χ1n) is 3.50. The standard InChI is InChI=1S/C9H8FNO2/c1-5(11)6-2-3-7(9(12)13)8(10)4-6/h2-4H,1,11H2,(H,12,13). The molecule has 1 aromatic carbocycles. The molecule has 0 aliphatic carbocycles. The van der Waals surface area contributed by atoms with Gasteiger partial charge in [-0.05, 0) is 17.7 Å². The van der Waals surface area contributed by atoms with Gasteiger partial charge in [0, 0.05) is 5.70 Å². The summed E-state index contributed by atoms with van der Waals surface area (Å²) in [6.07, 6.45) is 0. The number of nitrogens with two attached hydrogens (primary N) is 1. The fraction of sp³-hybridized carbons (Fsp3) is 0. The van der Waals surface area contributed by atoms with Gasteiger partial charge in [0.1, 0.15) is 5.82 Å². The lowest BCUT2D eigenvalue weighted by Gasteiger charge is -2.01. The molecule has 0 aliphatic rings. The van der Waals surface area contributed by atoms with Crippen LogP contribution in [0.15, 0.2) is 24.8 Å². The normalized spacial score (nSPS) is 9.62. The Morgan fingerprint density at radius 3 is 2.54 bits per heavy atom. The predicted octanol–water partition coefficient (Wildman–Crippen LogP) is 1.45. The third kappa shape index (κ3) is 1.84. The van der Waals surface area contributed by atoms with Crippen LogP contribution in [-0.2, 0) is 0 Å². The SMILES string of the molecule is C=C(N)c1ccc(C(=O)O)c(F)c1. The summed E-state index contributed by atoms with van der Waals surface area (Å²) in [5, 5.41) is 8.50. The first-order valence-corrected chi connectivity index (χ1v) is 3.50. The molecule has 0 bridgehead atoms. The van der Waals surface area contributed by atoms with Crippen LogP contribution in [0.3, 0.4) is 0 Å². The first-order chi connectivity index (χ1) is 6.02. The summed E-state index contributed by atoms with van der Waals surface area (Å²) >= 11 is 0. The molecular weight excluding hydrogens is 173 g/mol. The van der Waals surface area contributed by atoms with Crippen molar-refractivity contribution in [2.75, 3.05) is 0 Å². The van der Waals surface area contributed by atoms with Crippen molar-refractivity contribution in [1.29, 1.82) is 0 Å². The molecule has 0 saturated carbocycles. The van der Waals surface area contributed by atoms with Gasteiger partial charge in [0.05, 0.1) is 5.56 Å². The second kappa shape index (κ2) is 3.26. The number of benzene rings is 1. The number of carbonyl (C=O) groups is 1. The smallest absolute Gasteiger partial charge is 0.338 e. The van der Waals surface area contributed by atoms with Gasteiger partial charge in [0.15, 0.2) is 0 Å². The quantitative estimate of drug-likeness (QED) is 0.725. The maximum Gasteiger partial charge on any atom is 0.338 e. The van der Waals surface area contributed by atoms with E-state index in [0.717, 1.165) is 12.1 Å². The molecule has 0 unspecified atom stereocenters. The van der Waals surface area contributed by atoms with Gasteiger partial charge in [-0.15, -0.1) is 0 Å². The summed E-state index contributed by atoms with van der Waals surface area (Å²) in [5.74, 6) is -2.11. The second-order valence-electron chi connectivity index (χ2n) is 2.53. The summed E-state index contributed by atoms with van der Waals surface area (Å²) < 4.78 is 13.0. The fourth-order valence-corrected chi connectivity index (χ4v) is 0.888. The highest BCUT2D eigenvalue weighted by Gasteiger charge is 2.10. The van der Waals surface area contributed by atoms with E-state index in [2.05, 4.69) is 6.58 Å². The third-order valence-electron chi connectivity index (χ3n) is 1.57. The van der Waals surface area contributed by atoms with Crippen LogP contribution in [0, 0.1) is 5.82 Å². The van der Waals surface area contributed by atoms with Crippen LogP contribution < -0.4 is 5.73 Å². The molecule has 0 saturated heterocycles. The number of rotatable bonds is 2. The summed E-state index contributed by atoms with van der Waals surface area (Å²) in [6, 6.07) is 3.62. The van der Waals surface area contributed by atoms with Gasteiger partial charge < -0.3 is 10.8 Å². The van der Waals surface area contributed by atoms with Gasteiger partial charge in [-0.3, -0.25) is 0 Å². The van der Waals surface area contributed by atoms with E-state index < -0.39 is 11.8 Å². The molecule has 13 heavy (non-hydrogen) atoms. The number of carboxylic acids is 1. The maximum atomic E-state index is 13.0. The fourth-order valence-electron chi connectivity index (χ4n) is 0.888. The van der Waals surface area contributed by atoms with Crippen LogP contribution in [-0.4, -0.2) is 11.1 Å². The number of hydrogen-bond donors (Lipinski definition) is 2. The predicted molar refractivity (Wildman–Crippen MR) is 46.6 cm³/mol. The van der Waals surface area contributed by atoms with E-state index in [-0.39, 0.29) is 11.3 Å². The molecule has 0 heterocycles. The summed E-state index contributed by atoms with van der Waals surface area (Å²) in [5.41, 5.74) is 5.53. The summed E-state index contributed by atoms with van der Waals surface area (Å²) in [6.45, 7) is 3.40. The van der Waals surface area contributed by atoms with E-state index in [9.17, 15) is 9.18 Å². The van der Waals surface area contributed by atoms with E-state index >= 15 is 0 Å². The molecule has 3 nitrogen and oxygen atoms in total. The maximum absolute atomic E-state index is 13.0. The van der Waals surface area contributed by atoms with Crippen molar-refractivity contribution in [1.82, 2.24) is 0 Å². The second-order valence-corrected chi connectivity index (χ2v) is 2.53. The molecule has 0 spiro atoms. The lowest BCUT2D eigenvalue weighted by atomic mass is 10.1. The van der Waals surface area contributed by atoms with Crippen LogP contribution in [0.1, 0.15) is 15.9 Å². The van der Waals surface area contributed by atoms with Crippen LogP contribution in [0.2, 0.25) is 0 Å². The Morgan fingerprint density at radius 1 is 1.54 bits per heavy atom. The monoisotopic (exact) mass is 181 g/mol. The molecule has 0 aliphatic heterocycles. The molecule has 1 aromatic rings. The van der Waals surface area contributed by atoms with Gasteiger partial charge in [0.25, 0.3) is 0 Å². The molecule has 0 atom stereocenters. The number of hydrogen-bond acceptors (Lipinski definition) is 2. The molecule has 68 valence electrons. The van der Waals surface area contributed by atoms with Gasteiger partial charge in [-0.2, -0.15) is 0 Å². The van der Waals surface area contributed by atoms with E-state index in [0.29, 0.717) is 5.56 Å². The zero-order valence-corrected chi connectivity index (χ0v) is 6.75. The average Bonchev–Trinajstić information content (AvgIpc) is 2.03. The zero-order valence-electron chi connectivity index (χ0n) is 6.75. The Balaban J connectivity index is 3.20. The van der Waals surface area contributed by atoms with Gasteiger partial charge in [-0.1, -0.05) is 12.6 Å². The largest absolute Gasteiger partial charge is 0.478 e. The Bertz CT molecular complexity index is 374. The molecule has 0 radical (unpaired) electrons. The van der Waals surface area contributed by atoms with Crippen molar-refractivity contribution in [3.63, 3.8) is 0 Å². The van der Waals surface area contributed by atoms with Crippen LogP contribution in [0.5, 0.6) is 0 Å². The molecule has 1 rings (SSSR count). The van der Waals surface area contributed by atoms with E-state index in [1.165, 1.54) is 6.07 Å². The molecule has 3 N–H and O–H groups in total. The van der Waals surface area contributed by atoms with E-state index in [4.69, 9.17) is 10.8 Å². The van der Waals surface area contributed by atoms with E-state index in [1.54, 1.807) is 0 Å². The van der Waals surface area contributed by atoms with Crippen molar-refractivity contribution in [3.05, 3.63) is 41.7 Å². The first kappa shape index (κ1) is 9.25. The number of carboxylic acid groups (broad SMARTS) is 1. The van der Waals surface area contributed by atoms with Crippen molar-refractivity contribution in [2.45, 2.75) is 0 Å². The number of halogens is 1. The van der Waals surface area contributed by atoms with Crippen molar-refractivity contribution in [3.8, 4) is 0 Å². The molecular formula is C9H8FNO2. The molecule has 0 aromatic heterocycles. The molecule has 0 fully saturated rings. The third-order valence-corrected chi connectivity index (χ3v) is 1.57. The molecule has 4 heteroatoms. The highest BCUT2D eigenvalue weighted by molar-refractivity contribution is 5.88. The van der Waals surface area contributed by atoms with Crippen LogP contribution in [0.25, 0.3) is 5.70 Å². The zero-order chi connectivity index (χ0) is 10.0. The minimum atomic E-state index is -1.30. The lowest BCUT2D eigenvalue weighted by Crippen LogP contribution is -2.02. The van der Waals surface area contributed by atoms with Crippen LogP contribution >= 0.6 is 0 Å². The summed E-state index contributed by atoms with van der Waals surface area (Å²) in [4.78, 5) is 10.4. The van der Waals surface area contributed by atoms with Crippen molar-refractivity contribution in [2.24, 2.45) is 5.73 Å². The Hall–Kier alpha value is -1.84. The van der Waals surface area contributed by atoms with Crippen molar-refractivity contribution >= 4 is 11.7 Å². The minimum absolute atomic E-state index is 0.204. The summed E-state index contributed by atoms with van der Waals surface area (Å²) in [7, 11) is 0. The Labute approximate surface area is 74.3 Å². The highest BCUT2D eigenvalue weighted by atomic mass is 19.1. The Morgan fingerprint density at radius 2 is 2.15 bits per heavy atom.